The number of carbonyl (C=O) groups is 2. The van der Waals surface area contributed by atoms with Crippen LogP contribution >= 0.6 is 0 Å². The highest BCUT2D eigenvalue weighted by Gasteiger charge is 2.34. The van der Waals surface area contributed by atoms with E-state index in [9.17, 15) is 9.59 Å². The second kappa shape index (κ2) is 7.20. The van der Waals surface area contributed by atoms with E-state index in [1.54, 1.807) is 0 Å². The molecule has 2 amide bonds. The molecule has 0 bridgehead atoms. The lowest BCUT2D eigenvalue weighted by molar-refractivity contribution is -0.130. The van der Waals surface area contributed by atoms with Crippen molar-refractivity contribution in [2.45, 2.75) is 31.3 Å². The monoisotopic (exact) mass is 349 g/mol. The summed E-state index contributed by atoms with van der Waals surface area (Å²) in [6, 6.07) is 17.1. The molecule has 0 aromatic heterocycles. The van der Waals surface area contributed by atoms with E-state index in [2.05, 4.69) is 27.7 Å². The Hall–Kier alpha value is -2.82. The van der Waals surface area contributed by atoms with Gasteiger partial charge in [0.15, 0.2) is 0 Å². The van der Waals surface area contributed by atoms with E-state index in [1.165, 1.54) is 5.56 Å². The summed E-state index contributed by atoms with van der Waals surface area (Å²) in [7, 11) is 0. The predicted octanol–water partition coefficient (Wildman–Crippen LogP) is 2.19. The number of hydrogen-bond acceptors (Lipinski definition) is 3. The van der Waals surface area contributed by atoms with Crippen molar-refractivity contribution in [3.8, 4) is 0 Å². The quantitative estimate of drug-likeness (QED) is 0.889. The zero-order valence-electron chi connectivity index (χ0n) is 14.7. The standard InChI is InChI=1S/C21H23N3O2/c25-20-17(10-6-13-22-20)23-21(26)19(16-8-2-1-3-9-16)24-14-12-15-7-4-5-11-18(15)24/h1-5,7-9,11,17,19H,6,10,12-14H2,(H,22,25)(H,23,26)/t17-,19-/m1/s1. The largest absolute Gasteiger partial charge is 0.355 e. The number of piperidine rings is 1. The predicted molar refractivity (Wildman–Crippen MR) is 101 cm³/mol. The Morgan fingerprint density at radius 2 is 1.88 bits per heavy atom. The molecule has 2 N–H and O–H groups in total. The summed E-state index contributed by atoms with van der Waals surface area (Å²) in [4.78, 5) is 27.4. The normalized spacial score (nSPS) is 20.2. The van der Waals surface area contributed by atoms with E-state index < -0.39 is 12.1 Å². The van der Waals surface area contributed by atoms with Crippen LogP contribution < -0.4 is 15.5 Å². The van der Waals surface area contributed by atoms with Crippen LogP contribution in [-0.4, -0.2) is 30.9 Å². The smallest absolute Gasteiger partial charge is 0.248 e. The Bertz CT molecular complexity index is 806. The van der Waals surface area contributed by atoms with Gasteiger partial charge in [-0.2, -0.15) is 0 Å². The molecule has 26 heavy (non-hydrogen) atoms. The summed E-state index contributed by atoms with van der Waals surface area (Å²) in [5, 5.41) is 5.82. The number of hydrogen-bond donors (Lipinski definition) is 2. The number of rotatable bonds is 4. The van der Waals surface area contributed by atoms with E-state index in [0.717, 1.165) is 30.6 Å². The van der Waals surface area contributed by atoms with Crippen LogP contribution in [0.25, 0.3) is 0 Å². The maximum Gasteiger partial charge on any atom is 0.248 e. The fourth-order valence-electron chi connectivity index (χ4n) is 3.90. The molecule has 2 aliphatic rings. The molecule has 2 aromatic rings. The first kappa shape index (κ1) is 16.6. The Labute approximate surface area is 153 Å². The number of nitrogens with one attached hydrogen (secondary N) is 2. The van der Waals surface area contributed by atoms with Gasteiger partial charge in [0.05, 0.1) is 0 Å². The van der Waals surface area contributed by atoms with Gasteiger partial charge in [0, 0.05) is 18.8 Å². The van der Waals surface area contributed by atoms with Gasteiger partial charge in [0.25, 0.3) is 0 Å². The molecular formula is C21H23N3O2. The minimum atomic E-state index is -0.444. The van der Waals surface area contributed by atoms with Crippen molar-refractivity contribution < 1.29 is 9.59 Å². The number of benzene rings is 2. The molecule has 1 fully saturated rings. The van der Waals surface area contributed by atoms with Gasteiger partial charge in [0.2, 0.25) is 11.8 Å². The van der Waals surface area contributed by atoms with Gasteiger partial charge in [-0.05, 0) is 36.5 Å². The van der Waals surface area contributed by atoms with Gasteiger partial charge in [-0.1, -0.05) is 48.5 Å². The number of fused-ring (bicyclic) bond motifs is 1. The first-order chi connectivity index (χ1) is 12.7. The van der Waals surface area contributed by atoms with Gasteiger partial charge in [-0.15, -0.1) is 0 Å². The van der Waals surface area contributed by atoms with Crippen molar-refractivity contribution in [1.29, 1.82) is 0 Å². The summed E-state index contributed by atoms with van der Waals surface area (Å²) in [5.74, 6) is -0.201. The number of amides is 2. The third-order valence-corrected chi connectivity index (χ3v) is 5.20. The fourth-order valence-corrected chi connectivity index (χ4v) is 3.90. The maximum absolute atomic E-state index is 13.2. The molecule has 0 aliphatic carbocycles. The number of para-hydroxylation sites is 1. The third kappa shape index (κ3) is 3.17. The summed E-state index contributed by atoms with van der Waals surface area (Å²) < 4.78 is 0. The van der Waals surface area contributed by atoms with Crippen molar-refractivity contribution in [3.05, 3.63) is 65.7 Å². The van der Waals surface area contributed by atoms with E-state index in [0.29, 0.717) is 13.0 Å². The highest BCUT2D eigenvalue weighted by Crippen LogP contribution is 2.35. The number of anilines is 1. The minimum Gasteiger partial charge on any atom is -0.355 e. The van der Waals surface area contributed by atoms with Crippen LogP contribution in [0.5, 0.6) is 0 Å². The number of nitrogens with zero attached hydrogens (tertiary/aromatic N) is 1. The molecule has 2 aromatic carbocycles. The second-order valence-corrected chi connectivity index (χ2v) is 6.88. The van der Waals surface area contributed by atoms with Gasteiger partial charge in [-0.3, -0.25) is 9.59 Å². The summed E-state index contributed by atoms with van der Waals surface area (Å²) in [6.45, 7) is 1.48. The van der Waals surface area contributed by atoms with Crippen molar-refractivity contribution in [2.24, 2.45) is 0 Å². The molecule has 0 unspecified atom stereocenters. The minimum absolute atomic E-state index is 0.0850. The van der Waals surface area contributed by atoms with Crippen LogP contribution in [0, 0.1) is 0 Å². The first-order valence-electron chi connectivity index (χ1n) is 9.21. The molecule has 0 radical (unpaired) electrons. The lowest BCUT2D eigenvalue weighted by Gasteiger charge is -2.32. The highest BCUT2D eigenvalue weighted by atomic mass is 16.2. The van der Waals surface area contributed by atoms with E-state index in [4.69, 9.17) is 0 Å². The average Bonchev–Trinajstić information content (AvgIpc) is 3.09. The van der Waals surface area contributed by atoms with E-state index >= 15 is 0 Å². The Morgan fingerprint density at radius 3 is 2.69 bits per heavy atom. The second-order valence-electron chi connectivity index (χ2n) is 6.88. The lowest BCUT2D eigenvalue weighted by atomic mass is 10.0. The molecular weight excluding hydrogens is 326 g/mol. The van der Waals surface area contributed by atoms with Gasteiger partial charge < -0.3 is 15.5 Å². The zero-order valence-corrected chi connectivity index (χ0v) is 14.7. The Morgan fingerprint density at radius 1 is 1.12 bits per heavy atom. The molecule has 134 valence electrons. The topological polar surface area (TPSA) is 61.4 Å². The molecule has 0 saturated carbocycles. The SMILES string of the molecule is O=C1NCCC[C@H]1NC(=O)[C@@H](c1ccccc1)N1CCc2ccccc21. The highest BCUT2D eigenvalue weighted by molar-refractivity contribution is 5.92. The van der Waals surface area contributed by atoms with E-state index in [1.807, 2.05) is 42.5 Å². The van der Waals surface area contributed by atoms with E-state index in [-0.39, 0.29) is 11.8 Å². The fraction of sp³-hybridized carbons (Fsp3) is 0.333. The summed E-state index contributed by atoms with van der Waals surface area (Å²) in [5.41, 5.74) is 3.30. The zero-order chi connectivity index (χ0) is 17.9. The summed E-state index contributed by atoms with van der Waals surface area (Å²) >= 11 is 0. The molecule has 2 atom stereocenters. The van der Waals surface area contributed by atoms with Gasteiger partial charge >= 0.3 is 0 Å². The molecule has 5 heteroatoms. The van der Waals surface area contributed by atoms with Crippen LogP contribution in [0.4, 0.5) is 5.69 Å². The average molecular weight is 349 g/mol. The Balaban J connectivity index is 1.64. The first-order valence-corrected chi connectivity index (χ1v) is 9.21. The van der Waals surface area contributed by atoms with Crippen LogP contribution in [0.15, 0.2) is 54.6 Å². The van der Waals surface area contributed by atoms with Crippen molar-refractivity contribution in [2.75, 3.05) is 18.0 Å². The summed E-state index contributed by atoms with van der Waals surface area (Å²) in [6.07, 6.45) is 2.51. The van der Waals surface area contributed by atoms with Crippen LogP contribution in [-0.2, 0) is 16.0 Å². The van der Waals surface area contributed by atoms with Crippen molar-refractivity contribution in [3.63, 3.8) is 0 Å². The molecule has 2 aliphatic heterocycles. The van der Waals surface area contributed by atoms with Crippen molar-refractivity contribution >= 4 is 17.5 Å². The molecule has 2 heterocycles. The number of carbonyl (C=O) groups excluding carboxylic acids is 2. The third-order valence-electron chi connectivity index (χ3n) is 5.20. The molecule has 0 spiro atoms. The van der Waals surface area contributed by atoms with Crippen LogP contribution in [0.2, 0.25) is 0 Å². The Kier molecular flexibility index (Phi) is 4.61. The van der Waals surface area contributed by atoms with Gasteiger partial charge in [0.1, 0.15) is 12.1 Å². The van der Waals surface area contributed by atoms with Crippen LogP contribution in [0.3, 0.4) is 0 Å². The van der Waals surface area contributed by atoms with Crippen molar-refractivity contribution in [1.82, 2.24) is 10.6 Å². The lowest BCUT2D eigenvalue weighted by Crippen LogP contribution is -2.53. The molecule has 4 rings (SSSR count). The van der Waals surface area contributed by atoms with Crippen LogP contribution in [0.1, 0.15) is 30.0 Å². The molecule has 5 nitrogen and oxygen atoms in total. The van der Waals surface area contributed by atoms with Gasteiger partial charge in [-0.25, -0.2) is 0 Å². The maximum atomic E-state index is 13.2. The molecule has 1 saturated heterocycles.